The van der Waals surface area contributed by atoms with Crippen LogP contribution < -0.4 is 0 Å². The van der Waals surface area contributed by atoms with Gasteiger partial charge >= 0.3 is 5.97 Å². The minimum atomic E-state index is 0.0355. The number of esters is 1. The maximum absolute atomic E-state index is 12.7. The second kappa shape index (κ2) is 42.5. The summed E-state index contributed by atoms with van der Waals surface area (Å²) >= 11 is 0. The molecule has 0 aliphatic rings. The maximum atomic E-state index is 12.7. The van der Waals surface area contributed by atoms with E-state index in [-0.39, 0.29) is 18.7 Å². The van der Waals surface area contributed by atoms with E-state index in [1.807, 2.05) is 0 Å². The molecule has 0 aromatic heterocycles. The average Bonchev–Trinajstić information content (AvgIpc) is 3.10. The SMILES string of the molecule is CCCCCCCCCS[SH+]CCCCCCCN(CCO)CCCCCCCC(=O)OC(CCCCCCCC)CCCCCCCC. The number of hydrogen-bond donors (Lipinski definition) is 1. The number of ether oxygens (including phenoxy) is 1. The molecule has 0 aliphatic heterocycles. The molecule has 1 N–H and O–H groups in total. The van der Waals surface area contributed by atoms with Crippen molar-refractivity contribution in [2.24, 2.45) is 0 Å². The highest BCUT2D eigenvalue weighted by molar-refractivity contribution is 8.66. The van der Waals surface area contributed by atoms with Crippen molar-refractivity contribution in [2.45, 2.75) is 232 Å². The Bertz CT molecular complexity index is 622. The van der Waals surface area contributed by atoms with Gasteiger partial charge in [0.1, 0.15) is 11.9 Å². The molecule has 0 atom stereocenters. The molecule has 0 heterocycles. The van der Waals surface area contributed by atoms with E-state index in [0.717, 1.165) is 45.3 Å². The van der Waals surface area contributed by atoms with Crippen LogP contribution >= 0.6 is 10.8 Å². The van der Waals surface area contributed by atoms with Gasteiger partial charge in [-0.15, -0.1) is 0 Å². The summed E-state index contributed by atoms with van der Waals surface area (Å²) in [5.41, 5.74) is 0. The molecule has 0 saturated carbocycles. The number of aliphatic hydroxyl groups is 1. The van der Waals surface area contributed by atoms with Crippen molar-refractivity contribution >= 4 is 27.6 Å². The quantitative estimate of drug-likeness (QED) is 0.0223. The monoisotopic (exact) mass is 731 g/mol. The summed E-state index contributed by atoms with van der Waals surface area (Å²) in [5.74, 6) is 2.75. The van der Waals surface area contributed by atoms with Crippen LogP contribution in [0, 0.1) is 0 Å². The van der Waals surface area contributed by atoms with Crippen molar-refractivity contribution in [3.63, 3.8) is 0 Å². The van der Waals surface area contributed by atoms with Gasteiger partial charge in [0.15, 0.2) is 0 Å². The lowest BCUT2D eigenvalue weighted by Crippen LogP contribution is -2.29. The van der Waals surface area contributed by atoms with E-state index in [4.69, 9.17) is 4.74 Å². The third-order valence-electron chi connectivity index (χ3n) is 9.98. The molecule has 0 aliphatic carbocycles. The van der Waals surface area contributed by atoms with Crippen molar-refractivity contribution < 1.29 is 14.6 Å². The van der Waals surface area contributed by atoms with Gasteiger partial charge in [-0.3, -0.25) is 4.79 Å². The lowest BCUT2D eigenvalue weighted by Gasteiger charge is -2.21. The first-order chi connectivity index (χ1) is 24.2. The van der Waals surface area contributed by atoms with Crippen LogP contribution in [0.15, 0.2) is 0 Å². The minimum absolute atomic E-state index is 0.0355. The molecular weight excluding hydrogens is 643 g/mol. The topological polar surface area (TPSA) is 49.8 Å². The summed E-state index contributed by atoms with van der Waals surface area (Å²) in [5, 5.41) is 9.55. The standard InChI is InChI=1S/C43H87NO3S2/c1-4-7-10-13-16-24-31-40-48-49-41-32-25-18-23-30-37-44(38-39-45)36-29-22-17-21-28-35-43(46)47-42(33-26-19-14-11-8-5-2)34-27-20-15-12-9-6-3/h42,45H,4-41H2,1-3H3/p+1. The van der Waals surface area contributed by atoms with E-state index in [9.17, 15) is 9.90 Å². The molecule has 49 heavy (non-hydrogen) atoms. The third-order valence-corrected chi connectivity index (χ3v) is 12.8. The first-order valence-corrected chi connectivity index (χ1v) is 24.7. The Morgan fingerprint density at radius 1 is 0.551 bits per heavy atom. The largest absolute Gasteiger partial charge is 0.462 e. The highest BCUT2D eigenvalue weighted by atomic mass is 33.1. The van der Waals surface area contributed by atoms with Crippen molar-refractivity contribution in [2.75, 3.05) is 37.7 Å². The maximum Gasteiger partial charge on any atom is 0.306 e. The number of nitrogens with zero attached hydrogens (tertiary/aromatic N) is 1. The van der Waals surface area contributed by atoms with E-state index >= 15 is 0 Å². The van der Waals surface area contributed by atoms with Crippen molar-refractivity contribution in [3.8, 4) is 0 Å². The second-order valence-electron chi connectivity index (χ2n) is 14.9. The summed E-state index contributed by atoms with van der Waals surface area (Å²) < 4.78 is 6.03. The molecule has 0 spiro atoms. The van der Waals surface area contributed by atoms with E-state index < -0.39 is 0 Å². The van der Waals surface area contributed by atoms with Gasteiger partial charge in [-0.25, -0.2) is 0 Å². The molecule has 0 saturated heterocycles. The Labute approximate surface area is 316 Å². The summed E-state index contributed by atoms with van der Waals surface area (Å²) in [7, 11) is 3.74. The van der Waals surface area contributed by atoms with Crippen molar-refractivity contribution in [1.29, 1.82) is 0 Å². The minimum Gasteiger partial charge on any atom is -0.462 e. The predicted octanol–water partition coefficient (Wildman–Crippen LogP) is 13.2. The summed E-state index contributed by atoms with van der Waals surface area (Å²) in [4.78, 5) is 15.1. The molecule has 0 aromatic carbocycles. The Kier molecular flexibility index (Phi) is 42.6. The summed E-state index contributed by atoms with van der Waals surface area (Å²) in [6.07, 6.45) is 40.6. The van der Waals surface area contributed by atoms with Gasteiger partial charge in [-0.05, 0) is 77.3 Å². The van der Waals surface area contributed by atoms with Crippen LogP contribution in [0.25, 0.3) is 0 Å². The number of rotatable bonds is 42. The molecule has 0 amide bonds. The number of unbranched alkanes of at least 4 members (excludes halogenated alkanes) is 24. The number of aliphatic hydroxyl groups excluding tert-OH is 1. The highest BCUT2D eigenvalue weighted by Gasteiger charge is 2.14. The molecule has 4 nitrogen and oxygen atoms in total. The number of carbonyl (C=O) groups is 1. The van der Waals surface area contributed by atoms with E-state index in [1.165, 1.54) is 185 Å². The number of thiol groups is 1. The van der Waals surface area contributed by atoms with Crippen LogP contribution in [0.1, 0.15) is 226 Å². The molecule has 0 unspecified atom stereocenters. The summed E-state index contributed by atoms with van der Waals surface area (Å²) in [6, 6.07) is 0. The lowest BCUT2D eigenvalue weighted by molar-refractivity contribution is -0.150. The van der Waals surface area contributed by atoms with Crippen molar-refractivity contribution in [3.05, 3.63) is 0 Å². The van der Waals surface area contributed by atoms with Gasteiger partial charge in [-0.2, -0.15) is 0 Å². The number of hydrogen-bond acceptors (Lipinski definition) is 5. The fourth-order valence-corrected chi connectivity index (χ4v) is 9.21. The molecular formula is C43H88NO3S2+. The molecule has 0 rings (SSSR count). The Morgan fingerprint density at radius 2 is 0.980 bits per heavy atom. The van der Waals surface area contributed by atoms with Crippen LogP contribution in [0.3, 0.4) is 0 Å². The Hall–Kier alpha value is 0.0900. The molecule has 6 heteroatoms. The van der Waals surface area contributed by atoms with E-state index in [1.54, 1.807) is 10.8 Å². The normalized spacial score (nSPS) is 11.7. The average molecular weight is 731 g/mol. The summed E-state index contributed by atoms with van der Waals surface area (Å²) in [6.45, 7) is 10.1. The van der Waals surface area contributed by atoms with Crippen molar-refractivity contribution in [1.82, 2.24) is 4.90 Å². The van der Waals surface area contributed by atoms with E-state index in [0.29, 0.717) is 6.42 Å². The van der Waals surface area contributed by atoms with Crippen LogP contribution in [0.2, 0.25) is 0 Å². The van der Waals surface area contributed by atoms with Gasteiger partial charge in [0.2, 0.25) is 0 Å². The highest BCUT2D eigenvalue weighted by Crippen LogP contribution is 2.19. The zero-order valence-electron chi connectivity index (χ0n) is 33.5. The van der Waals surface area contributed by atoms with Gasteiger partial charge in [0, 0.05) is 29.5 Å². The van der Waals surface area contributed by atoms with Gasteiger partial charge < -0.3 is 14.7 Å². The number of carbonyl (C=O) groups excluding carboxylic acids is 1. The van der Waals surface area contributed by atoms with Gasteiger partial charge in [0.05, 0.1) is 17.4 Å². The smallest absolute Gasteiger partial charge is 0.306 e. The van der Waals surface area contributed by atoms with Crippen LogP contribution in [-0.2, 0) is 20.3 Å². The fraction of sp³-hybridized carbons (Fsp3) is 0.977. The third kappa shape index (κ3) is 39.1. The van der Waals surface area contributed by atoms with Gasteiger partial charge in [0.25, 0.3) is 0 Å². The molecule has 294 valence electrons. The molecule has 0 aromatic rings. The molecule has 0 bridgehead atoms. The first kappa shape index (κ1) is 49.1. The Morgan fingerprint density at radius 3 is 1.49 bits per heavy atom. The van der Waals surface area contributed by atoms with Crippen LogP contribution in [-0.4, -0.2) is 59.8 Å². The zero-order chi connectivity index (χ0) is 35.7. The van der Waals surface area contributed by atoms with Gasteiger partial charge in [-0.1, -0.05) is 156 Å². The molecule has 0 fully saturated rings. The van der Waals surface area contributed by atoms with E-state index in [2.05, 4.69) is 36.5 Å². The molecule has 0 radical (unpaired) electrons. The Balaban J connectivity index is 3.87. The van der Waals surface area contributed by atoms with Crippen LogP contribution in [0.4, 0.5) is 0 Å². The fourth-order valence-electron chi connectivity index (χ4n) is 6.72. The predicted molar refractivity (Wildman–Crippen MR) is 224 cm³/mol. The zero-order valence-corrected chi connectivity index (χ0v) is 35.2. The van der Waals surface area contributed by atoms with Crippen LogP contribution in [0.5, 0.6) is 0 Å². The lowest BCUT2D eigenvalue weighted by atomic mass is 10.0. The first-order valence-electron chi connectivity index (χ1n) is 22.0. The second-order valence-corrected chi connectivity index (χ2v) is 17.8.